The van der Waals surface area contributed by atoms with Gasteiger partial charge >= 0.3 is 6.18 Å². The lowest BCUT2D eigenvalue weighted by Crippen LogP contribution is -2.36. The van der Waals surface area contributed by atoms with Crippen LogP contribution in [0.25, 0.3) is 22.3 Å². The second-order valence-electron chi connectivity index (χ2n) is 10.9. The number of aryl methyl sites for hydroxylation is 1. The lowest BCUT2D eigenvalue weighted by Gasteiger charge is -2.33. The zero-order valence-electron chi connectivity index (χ0n) is 23.4. The molecule has 0 atom stereocenters. The number of halogens is 3. The largest absolute Gasteiger partial charge is 0.390 e. The topological polar surface area (TPSA) is 113 Å². The normalized spacial score (nSPS) is 18.4. The number of rotatable bonds is 9. The zero-order valence-corrected chi connectivity index (χ0v) is 24.2. The van der Waals surface area contributed by atoms with E-state index in [4.69, 9.17) is 9.97 Å². The molecule has 40 heavy (non-hydrogen) atoms. The molecule has 1 saturated carbocycles. The third-order valence-corrected chi connectivity index (χ3v) is 8.50. The summed E-state index contributed by atoms with van der Waals surface area (Å²) < 4.78 is 63.7. The third-order valence-electron chi connectivity index (χ3n) is 7.23. The minimum Gasteiger partial charge on any atom is -0.351 e. The van der Waals surface area contributed by atoms with Crippen LogP contribution in [-0.4, -0.2) is 71.4 Å². The van der Waals surface area contributed by atoms with Gasteiger partial charge in [0.25, 0.3) is 0 Å². The maximum atomic E-state index is 12.5. The molecule has 0 amide bonds. The molecule has 0 spiro atoms. The second-order valence-corrected chi connectivity index (χ2v) is 12.7. The summed E-state index contributed by atoms with van der Waals surface area (Å²) in [6.45, 7) is 5.83. The Hall–Kier alpha value is -3.06. The summed E-state index contributed by atoms with van der Waals surface area (Å²) in [5, 5.41) is 3.50. The Labute approximate surface area is 233 Å². The van der Waals surface area contributed by atoms with Gasteiger partial charge in [-0.2, -0.15) is 13.2 Å². The fourth-order valence-corrected chi connectivity index (χ4v) is 6.00. The van der Waals surface area contributed by atoms with Gasteiger partial charge in [0.05, 0.1) is 29.6 Å². The molecule has 0 saturated heterocycles. The first-order chi connectivity index (χ1) is 18.7. The van der Waals surface area contributed by atoms with Gasteiger partial charge < -0.3 is 10.2 Å². The van der Waals surface area contributed by atoms with E-state index in [9.17, 15) is 21.6 Å². The standard InChI is InChI=1S/C27H36F3N7O2S/c1-16(2)21-14-22(20-10-11-24(32-17(20)3)36-40(38,39)13-12-27(28,29)30)34-23-15-31-26(35-25(21)23)33-18-6-8-19(9-7-18)37(4)5/h10-11,14-16,18-19H,6-9,12-13H2,1-5H3,(H,32,36)(H,31,33,35)/t18-,19-. The number of hydrogen-bond donors (Lipinski definition) is 2. The number of hydrogen-bond acceptors (Lipinski definition) is 8. The molecule has 3 aromatic rings. The molecule has 9 nitrogen and oxygen atoms in total. The van der Waals surface area contributed by atoms with Crippen molar-refractivity contribution < 1.29 is 21.6 Å². The van der Waals surface area contributed by atoms with Crippen LogP contribution in [0, 0.1) is 6.92 Å². The molecule has 0 bridgehead atoms. The van der Waals surface area contributed by atoms with Gasteiger partial charge in [0, 0.05) is 23.3 Å². The minimum absolute atomic E-state index is 0.0491. The van der Waals surface area contributed by atoms with Crippen LogP contribution in [0.4, 0.5) is 24.9 Å². The molecule has 0 radical (unpaired) electrons. The van der Waals surface area contributed by atoms with E-state index in [0.717, 1.165) is 36.8 Å². The van der Waals surface area contributed by atoms with E-state index < -0.39 is 28.4 Å². The van der Waals surface area contributed by atoms with Gasteiger partial charge in [0.1, 0.15) is 11.3 Å². The number of pyridine rings is 2. The van der Waals surface area contributed by atoms with Crippen molar-refractivity contribution in [3.63, 3.8) is 0 Å². The Morgan fingerprint density at radius 1 is 1.07 bits per heavy atom. The van der Waals surface area contributed by atoms with Crippen LogP contribution in [-0.2, 0) is 10.0 Å². The summed E-state index contributed by atoms with van der Waals surface area (Å²) in [5.41, 5.74) is 4.14. The summed E-state index contributed by atoms with van der Waals surface area (Å²) in [6, 6.07) is 5.95. The first kappa shape index (κ1) is 29.9. The smallest absolute Gasteiger partial charge is 0.351 e. The Bertz CT molecular complexity index is 1450. The number of fused-ring (bicyclic) bond motifs is 1. The van der Waals surface area contributed by atoms with Gasteiger partial charge in [0.2, 0.25) is 16.0 Å². The third kappa shape index (κ3) is 7.57. The number of anilines is 2. The highest BCUT2D eigenvalue weighted by Crippen LogP contribution is 2.31. The van der Waals surface area contributed by atoms with Gasteiger partial charge in [0.15, 0.2) is 0 Å². The van der Waals surface area contributed by atoms with Crippen LogP contribution < -0.4 is 10.0 Å². The van der Waals surface area contributed by atoms with Crippen LogP contribution >= 0.6 is 0 Å². The molecule has 218 valence electrons. The molecule has 1 aliphatic carbocycles. The van der Waals surface area contributed by atoms with Crippen molar-refractivity contribution >= 4 is 32.8 Å². The zero-order chi connectivity index (χ0) is 29.2. The van der Waals surface area contributed by atoms with Crippen molar-refractivity contribution in [3.8, 4) is 11.3 Å². The van der Waals surface area contributed by atoms with E-state index in [-0.39, 0.29) is 11.7 Å². The lowest BCUT2D eigenvalue weighted by molar-refractivity contribution is -0.129. The molecule has 2 N–H and O–H groups in total. The van der Waals surface area contributed by atoms with Crippen molar-refractivity contribution in [2.24, 2.45) is 0 Å². The molecule has 0 aromatic carbocycles. The molecule has 3 aromatic heterocycles. The average Bonchev–Trinajstić information content (AvgIpc) is 2.87. The first-order valence-electron chi connectivity index (χ1n) is 13.4. The first-order valence-corrected chi connectivity index (χ1v) is 15.0. The SMILES string of the molecule is Cc1nc(NS(=O)(=O)CCC(F)(F)F)ccc1-c1cc(C(C)C)c2nc(N[C@H]3CC[C@H](N(C)C)CC3)ncc2n1. The van der Waals surface area contributed by atoms with Crippen LogP contribution in [0.5, 0.6) is 0 Å². The van der Waals surface area contributed by atoms with Crippen molar-refractivity contribution in [2.75, 3.05) is 29.9 Å². The number of sulfonamides is 1. The average molecular weight is 580 g/mol. The Balaban J connectivity index is 1.56. The van der Waals surface area contributed by atoms with Crippen LogP contribution in [0.15, 0.2) is 24.4 Å². The summed E-state index contributed by atoms with van der Waals surface area (Å²) >= 11 is 0. The van der Waals surface area contributed by atoms with E-state index in [1.165, 1.54) is 6.07 Å². The maximum Gasteiger partial charge on any atom is 0.390 e. The van der Waals surface area contributed by atoms with Crippen molar-refractivity contribution in [1.29, 1.82) is 0 Å². The number of aromatic nitrogens is 4. The second kappa shape index (κ2) is 11.8. The highest BCUT2D eigenvalue weighted by molar-refractivity contribution is 7.92. The molecule has 3 heterocycles. The van der Waals surface area contributed by atoms with E-state index in [2.05, 4.69) is 52.8 Å². The van der Waals surface area contributed by atoms with Gasteiger partial charge in [-0.15, -0.1) is 0 Å². The highest BCUT2D eigenvalue weighted by atomic mass is 32.2. The molecule has 13 heteroatoms. The Morgan fingerprint density at radius 3 is 2.38 bits per heavy atom. The number of nitrogens with zero attached hydrogens (tertiary/aromatic N) is 5. The lowest BCUT2D eigenvalue weighted by atomic mass is 9.90. The monoisotopic (exact) mass is 579 g/mol. The summed E-state index contributed by atoms with van der Waals surface area (Å²) in [6.07, 6.45) is 0.0676. The van der Waals surface area contributed by atoms with E-state index in [0.29, 0.717) is 40.5 Å². The van der Waals surface area contributed by atoms with Gasteiger partial charge in [-0.1, -0.05) is 13.8 Å². The van der Waals surface area contributed by atoms with Crippen molar-refractivity contribution in [2.45, 2.75) is 77.1 Å². The van der Waals surface area contributed by atoms with E-state index in [1.54, 1.807) is 19.2 Å². The van der Waals surface area contributed by atoms with Crippen LogP contribution in [0.2, 0.25) is 0 Å². The fourth-order valence-electron chi connectivity index (χ4n) is 4.96. The predicted molar refractivity (Wildman–Crippen MR) is 151 cm³/mol. The van der Waals surface area contributed by atoms with E-state index >= 15 is 0 Å². The molecular weight excluding hydrogens is 543 g/mol. The Morgan fingerprint density at radius 2 is 1.77 bits per heavy atom. The summed E-state index contributed by atoms with van der Waals surface area (Å²) in [7, 11) is 0.0382. The summed E-state index contributed by atoms with van der Waals surface area (Å²) in [4.78, 5) is 20.7. The van der Waals surface area contributed by atoms with Crippen molar-refractivity contribution in [3.05, 3.63) is 35.7 Å². The van der Waals surface area contributed by atoms with Crippen LogP contribution in [0.3, 0.4) is 0 Å². The van der Waals surface area contributed by atoms with E-state index in [1.807, 2.05) is 6.07 Å². The van der Waals surface area contributed by atoms with Crippen molar-refractivity contribution in [1.82, 2.24) is 24.8 Å². The van der Waals surface area contributed by atoms with Gasteiger partial charge in [-0.25, -0.2) is 28.4 Å². The van der Waals surface area contributed by atoms with Gasteiger partial charge in [-0.3, -0.25) is 4.72 Å². The summed E-state index contributed by atoms with van der Waals surface area (Å²) in [5.74, 6) is -0.406. The van der Waals surface area contributed by atoms with Crippen LogP contribution in [0.1, 0.15) is 63.1 Å². The fraction of sp³-hybridized carbons (Fsp3) is 0.556. The molecule has 1 fully saturated rings. The molecule has 4 rings (SSSR count). The molecule has 1 aliphatic rings. The molecular formula is C27H36F3N7O2S. The quantitative estimate of drug-likeness (QED) is 0.342. The Kier molecular flexibility index (Phi) is 8.83. The molecule has 0 unspecified atom stereocenters. The molecule has 0 aliphatic heterocycles. The predicted octanol–water partition coefficient (Wildman–Crippen LogP) is 5.50. The minimum atomic E-state index is -4.57. The number of alkyl halides is 3. The highest BCUT2D eigenvalue weighted by Gasteiger charge is 2.30. The number of nitrogens with one attached hydrogen (secondary N) is 2. The maximum absolute atomic E-state index is 12.5. The van der Waals surface area contributed by atoms with Gasteiger partial charge in [-0.05, 0) is 76.4 Å².